The molecule has 0 aliphatic carbocycles. The Hall–Kier alpha value is -1.66. The van der Waals surface area contributed by atoms with Gasteiger partial charge in [-0.05, 0) is 18.2 Å². The molecule has 0 unspecified atom stereocenters. The Morgan fingerprint density at radius 2 is 2.19 bits per heavy atom. The summed E-state index contributed by atoms with van der Waals surface area (Å²) in [5, 5.41) is 0.493. The molecule has 0 heterocycles. The van der Waals surface area contributed by atoms with Crippen molar-refractivity contribution in [2.45, 2.75) is 6.42 Å². The monoisotopic (exact) mass is 238 g/mol. The third-order valence-electron chi connectivity index (χ3n) is 1.84. The van der Waals surface area contributed by atoms with Crippen molar-refractivity contribution >= 4 is 17.6 Å². The van der Waals surface area contributed by atoms with E-state index in [4.69, 9.17) is 16.3 Å². The molecule has 0 fully saturated rings. The van der Waals surface area contributed by atoms with E-state index in [1.807, 2.05) is 0 Å². The summed E-state index contributed by atoms with van der Waals surface area (Å²) in [6, 6.07) is 5.18. The van der Waals surface area contributed by atoms with Gasteiger partial charge in [0.05, 0.1) is 19.2 Å². The van der Waals surface area contributed by atoms with Crippen molar-refractivity contribution in [3.05, 3.63) is 28.8 Å². The molecule has 0 saturated heterocycles. The second-order valence-corrected chi connectivity index (χ2v) is 3.31. The van der Waals surface area contributed by atoms with Gasteiger partial charge in [-0.25, -0.2) is 0 Å². The summed E-state index contributed by atoms with van der Waals surface area (Å²) in [5.74, 6) is 5.75. The van der Waals surface area contributed by atoms with Crippen LogP contribution in [-0.2, 0) is 9.53 Å². The average molecular weight is 239 g/mol. The maximum atomic E-state index is 10.8. The van der Waals surface area contributed by atoms with Crippen LogP contribution in [0.4, 0.5) is 0 Å². The van der Waals surface area contributed by atoms with Crippen molar-refractivity contribution in [1.29, 1.82) is 0 Å². The number of esters is 1. The van der Waals surface area contributed by atoms with Crippen LogP contribution in [-0.4, -0.2) is 20.2 Å². The van der Waals surface area contributed by atoms with Gasteiger partial charge in [0, 0.05) is 5.56 Å². The highest BCUT2D eigenvalue weighted by atomic mass is 35.5. The van der Waals surface area contributed by atoms with E-state index in [-0.39, 0.29) is 12.4 Å². The number of hydrogen-bond donors (Lipinski definition) is 0. The van der Waals surface area contributed by atoms with Crippen LogP contribution in [0.3, 0.4) is 0 Å². The number of rotatable bonds is 2. The summed E-state index contributed by atoms with van der Waals surface area (Å²) in [6.45, 7) is 0. The lowest BCUT2D eigenvalue weighted by Gasteiger charge is -2.01. The Balaban J connectivity index is 2.75. The Morgan fingerprint density at radius 1 is 1.44 bits per heavy atom. The summed E-state index contributed by atoms with van der Waals surface area (Å²) >= 11 is 5.91. The number of carbonyl (C=O) groups is 1. The summed E-state index contributed by atoms with van der Waals surface area (Å²) in [7, 11) is 2.87. The molecule has 0 radical (unpaired) electrons. The van der Waals surface area contributed by atoms with Gasteiger partial charge in [0.2, 0.25) is 0 Å². The fourth-order valence-corrected chi connectivity index (χ4v) is 1.29. The molecule has 84 valence electrons. The van der Waals surface area contributed by atoms with Gasteiger partial charge >= 0.3 is 5.97 Å². The number of ether oxygens (including phenoxy) is 2. The van der Waals surface area contributed by atoms with Crippen LogP contribution in [0, 0.1) is 11.8 Å². The average Bonchev–Trinajstić information content (AvgIpc) is 2.29. The summed E-state index contributed by atoms with van der Waals surface area (Å²) in [4.78, 5) is 10.8. The molecule has 0 saturated carbocycles. The maximum Gasteiger partial charge on any atom is 0.317 e. The van der Waals surface area contributed by atoms with Crippen LogP contribution in [0.2, 0.25) is 5.02 Å². The first-order chi connectivity index (χ1) is 7.67. The molecule has 0 bridgehead atoms. The molecule has 0 aromatic heterocycles. The van der Waals surface area contributed by atoms with Gasteiger partial charge in [-0.2, -0.15) is 0 Å². The van der Waals surface area contributed by atoms with Crippen LogP contribution >= 0.6 is 11.6 Å². The highest BCUT2D eigenvalue weighted by molar-refractivity contribution is 6.32. The smallest absolute Gasteiger partial charge is 0.317 e. The number of methoxy groups -OCH3 is 2. The molecule has 4 heteroatoms. The van der Waals surface area contributed by atoms with E-state index >= 15 is 0 Å². The molecule has 0 amide bonds. The lowest BCUT2D eigenvalue weighted by Crippen LogP contribution is -1.97. The number of hydrogen-bond acceptors (Lipinski definition) is 3. The number of halogens is 1. The van der Waals surface area contributed by atoms with Crippen molar-refractivity contribution in [2.75, 3.05) is 14.2 Å². The van der Waals surface area contributed by atoms with Gasteiger partial charge < -0.3 is 9.47 Å². The Labute approximate surface area is 99.3 Å². The first-order valence-corrected chi connectivity index (χ1v) is 4.94. The largest absolute Gasteiger partial charge is 0.495 e. The van der Waals surface area contributed by atoms with E-state index in [1.165, 1.54) is 7.11 Å². The highest BCUT2D eigenvalue weighted by Crippen LogP contribution is 2.24. The first-order valence-electron chi connectivity index (χ1n) is 4.56. The zero-order valence-corrected chi connectivity index (χ0v) is 9.80. The quantitative estimate of drug-likeness (QED) is 0.586. The minimum Gasteiger partial charge on any atom is -0.495 e. The normalized spacial score (nSPS) is 8.94. The topological polar surface area (TPSA) is 35.5 Å². The van der Waals surface area contributed by atoms with E-state index in [0.717, 1.165) is 5.56 Å². The van der Waals surface area contributed by atoms with Crippen molar-refractivity contribution in [3.8, 4) is 17.6 Å². The molecule has 16 heavy (non-hydrogen) atoms. The van der Waals surface area contributed by atoms with Gasteiger partial charge in [0.25, 0.3) is 0 Å². The van der Waals surface area contributed by atoms with Crippen LogP contribution in [0.1, 0.15) is 12.0 Å². The molecule has 0 spiro atoms. The standard InChI is InChI=1S/C12H11ClO3/c1-15-11-7-6-9(8-10(11)13)4-3-5-12(14)16-2/h6-8H,5H2,1-2H3. The maximum absolute atomic E-state index is 10.8. The Morgan fingerprint density at radius 3 is 2.75 bits per heavy atom. The molecular formula is C12H11ClO3. The molecule has 1 aromatic rings. The van der Waals surface area contributed by atoms with E-state index < -0.39 is 0 Å². The second kappa shape index (κ2) is 6.04. The van der Waals surface area contributed by atoms with Gasteiger partial charge in [0.15, 0.2) is 0 Å². The fourth-order valence-electron chi connectivity index (χ4n) is 1.03. The van der Waals surface area contributed by atoms with E-state index in [9.17, 15) is 4.79 Å². The second-order valence-electron chi connectivity index (χ2n) is 2.90. The van der Waals surface area contributed by atoms with Crippen LogP contribution in [0.5, 0.6) is 5.75 Å². The predicted molar refractivity (Wildman–Crippen MR) is 61.5 cm³/mol. The molecule has 0 atom stereocenters. The molecular weight excluding hydrogens is 228 g/mol. The van der Waals surface area contributed by atoms with Crippen molar-refractivity contribution in [2.24, 2.45) is 0 Å². The van der Waals surface area contributed by atoms with Gasteiger partial charge in [0.1, 0.15) is 12.2 Å². The minimum absolute atomic E-state index is 0.0696. The lowest BCUT2D eigenvalue weighted by molar-refractivity contribution is -0.139. The predicted octanol–water partition coefficient (Wildman–Crippen LogP) is 2.26. The van der Waals surface area contributed by atoms with E-state index in [0.29, 0.717) is 10.8 Å². The SMILES string of the molecule is COC(=O)CC#Cc1ccc(OC)c(Cl)c1. The van der Waals surface area contributed by atoms with Crippen molar-refractivity contribution < 1.29 is 14.3 Å². The third kappa shape index (κ3) is 3.48. The highest BCUT2D eigenvalue weighted by Gasteiger charge is 1.99. The molecule has 0 aliphatic rings. The van der Waals surface area contributed by atoms with Crippen LogP contribution in [0.15, 0.2) is 18.2 Å². The summed E-state index contributed by atoms with van der Waals surface area (Å²) in [6.07, 6.45) is 0.0696. The fraction of sp³-hybridized carbons (Fsp3) is 0.250. The Kier molecular flexibility index (Phi) is 4.68. The zero-order chi connectivity index (χ0) is 12.0. The molecule has 1 aromatic carbocycles. The van der Waals surface area contributed by atoms with Gasteiger partial charge in [-0.1, -0.05) is 23.4 Å². The molecule has 3 nitrogen and oxygen atoms in total. The van der Waals surface area contributed by atoms with Crippen molar-refractivity contribution in [1.82, 2.24) is 0 Å². The van der Waals surface area contributed by atoms with Crippen LogP contribution in [0.25, 0.3) is 0 Å². The van der Waals surface area contributed by atoms with E-state index in [2.05, 4.69) is 16.6 Å². The molecule has 0 aliphatic heterocycles. The minimum atomic E-state index is -0.355. The lowest BCUT2D eigenvalue weighted by atomic mass is 10.2. The molecule has 1 rings (SSSR count). The summed E-state index contributed by atoms with van der Waals surface area (Å²) in [5.41, 5.74) is 0.731. The zero-order valence-electron chi connectivity index (χ0n) is 9.04. The summed E-state index contributed by atoms with van der Waals surface area (Å²) < 4.78 is 9.47. The van der Waals surface area contributed by atoms with E-state index in [1.54, 1.807) is 25.3 Å². The van der Waals surface area contributed by atoms with Crippen molar-refractivity contribution in [3.63, 3.8) is 0 Å². The number of carbonyl (C=O) groups excluding carboxylic acids is 1. The van der Waals surface area contributed by atoms with Gasteiger partial charge in [-0.3, -0.25) is 4.79 Å². The molecule has 0 N–H and O–H groups in total. The first kappa shape index (κ1) is 12.4. The number of benzene rings is 1. The third-order valence-corrected chi connectivity index (χ3v) is 2.14. The Bertz CT molecular complexity index is 443. The van der Waals surface area contributed by atoms with Crippen LogP contribution < -0.4 is 4.74 Å². The van der Waals surface area contributed by atoms with Gasteiger partial charge in [-0.15, -0.1) is 0 Å².